The predicted octanol–water partition coefficient (Wildman–Crippen LogP) is 4.22. The van der Waals surface area contributed by atoms with Crippen molar-refractivity contribution in [2.45, 2.75) is 22.5 Å². The van der Waals surface area contributed by atoms with Crippen LogP contribution < -0.4 is 5.32 Å². The highest BCUT2D eigenvalue weighted by atomic mass is 32.2. The SMILES string of the molecule is O=C(C=Cc1ccsc1)NCC1(Sc2ccccc2)CCOCC1. The quantitative estimate of drug-likeness (QED) is 0.785. The molecule has 0 atom stereocenters. The maximum absolute atomic E-state index is 12.1. The van der Waals surface area contributed by atoms with E-state index in [1.165, 1.54) is 4.90 Å². The first-order valence-corrected chi connectivity index (χ1v) is 9.82. The molecule has 126 valence electrons. The Labute approximate surface area is 151 Å². The van der Waals surface area contributed by atoms with Gasteiger partial charge in [-0.1, -0.05) is 18.2 Å². The average Bonchev–Trinajstić information content (AvgIpc) is 3.14. The van der Waals surface area contributed by atoms with Crippen molar-refractivity contribution < 1.29 is 9.53 Å². The number of nitrogens with one attached hydrogen (secondary N) is 1. The highest BCUT2D eigenvalue weighted by Crippen LogP contribution is 2.40. The molecule has 1 saturated heterocycles. The van der Waals surface area contributed by atoms with Gasteiger partial charge in [0, 0.05) is 35.5 Å². The summed E-state index contributed by atoms with van der Waals surface area (Å²) in [5.41, 5.74) is 1.06. The third kappa shape index (κ3) is 4.97. The van der Waals surface area contributed by atoms with Gasteiger partial charge >= 0.3 is 0 Å². The summed E-state index contributed by atoms with van der Waals surface area (Å²) in [6.07, 6.45) is 5.36. The number of carbonyl (C=O) groups is 1. The molecule has 3 nitrogen and oxygen atoms in total. The second-order valence-corrected chi connectivity index (χ2v) is 8.14. The summed E-state index contributed by atoms with van der Waals surface area (Å²) in [7, 11) is 0. The average molecular weight is 360 g/mol. The molecule has 24 heavy (non-hydrogen) atoms. The Balaban J connectivity index is 1.60. The molecule has 3 rings (SSSR count). The number of rotatable bonds is 6. The molecule has 1 aromatic heterocycles. The van der Waals surface area contributed by atoms with E-state index < -0.39 is 0 Å². The Morgan fingerprint density at radius 3 is 2.75 bits per heavy atom. The summed E-state index contributed by atoms with van der Waals surface area (Å²) in [5, 5.41) is 7.11. The van der Waals surface area contributed by atoms with E-state index in [4.69, 9.17) is 4.74 Å². The van der Waals surface area contributed by atoms with Crippen LogP contribution in [0.4, 0.5) is 0 Å². The van der Waals surface area contributed by atoms with Crippen molar-refractivity contribution in [1.29, 1.82) is 0 Å². The molecule has 1 N–H and O–H groups in total. The molecule has 0 radical (unpaired) electrons. The van der Waals surface area contributed by atoms with Gasteiger partial charge in [0.2, 0.25) is 5.91 Å². The van der Waals surface area contributed by atoms with Crippen LogP contribution in [0.1, 0.15) is 18.4 Å². The van der Waals surface area contributed by atoms with Crippen LogP contribution in [0.5, 0.6) is 0 Å². The van der Waals surface area contributed by atoms with Crippen molar-refractivity contribution in [2.24, 2.45) is 0 Å². The largest absolute Gasteiger partial charge is 0.381 e. The van der Waals surface area contributed by atoms with Gasteiger partial charge in [-0.25, -0.2) is 0 Å². The van der Waals surface area contributed by atoms with Gasteiger partial charge < -0.3 is 10.1 Å². The number of benzene rings is 1. The fraction of sp³-hybridized carbons (Fsp3) is 0.316. The van der Waals surface area contributed by atoms with Gasteiger partial charge in [0.05, 0.1) is 0 Å². The minimum Gasteiger partial charge on any atom is -0.381 e. The Kier molecular flexibility index (Phi) is 6.12. The van der Waals surface area contributed by atoms with E-state index in [2.05, 4.69) is 29.6 Å². The molecule has 2 heterocycles. The zero-order valence-corrected chi connectivity index (χ0v) is 15.1. The van der Waals surface area contributed by atoms with Crippen LogP contribution in [0.25, 0.3) is 6.08 Å². The van der Waals surface area contributed by atoms with E-state index in [-0.39, 0.29) is 10.7 Å². The van der Waals surface area contributed by atoms with Crippen molar-refractivity contribution >= 4 is 35.1 Å². The van der Waals surface area contributed by atoms with Crippen LogP contribution in [0, 0.1) is 0 Å². The molecule has 0 spiro atoms. The Morgan fingerprint density at radius 2 is 2.04 bits per heavy atom. The van der Waals surface area contributed by atoms with Crippen LogP contribution in [-0.2, 0) is 9.53 Å². The van der Waals surface area contributed by atoms with Gasteiger partial charge in [-0.2, -0.15) is 11.3 Å². The third-order valence-corrected chi connectivity index (χ3v) is 6.23. The molecule has 1 aromatic carbocycles. The predicted molar refractivity (Wildman–Crippen MR) is 101 cm³/mol. The summed E-state index contributed by atoms with van der Waals surface area (Å²) in [5.74, 6) is -0.0410. The maximum Gasteiger partial charge on any atom is 0.244 e. The van der Waals surface area contributed by atoms with E-state index in [1.54, 1.807) is 17.4 Å². The molecule has 1 amide bonds. The van der Waals surface area contributed by atoms with E-state index in [1.807, 2.05) is 40.7 Å². The highest BCUT2D eigenvalue weighted by molar-refractivity contribution is 8.00. The zero-order chi connectivity index (χ0) is 16.7. The number of ether oxygens (including phenoxy) is 1. The van der Waals surface area contributed by atoms with Crippen molar-refractivity contribution in [2.75, 3.05) is 19.8 Å². The van der Waals surface area contributed by atoms with Gasteiger partial charge in [-0.3, -0.25) is 4.79 Å². The normalized spacial score (nSPS) is 17.0. The molecule has 1 fully saturated rings. The second kappa shape index (κ2) is 8.51. The minimum absolute atomic E-state index is 0.00544. The van der Waals surface area contributed by atoms with E-state index in [0.29, 0.717) is 6.54 Å². The van der Waals surface area contributed by atoms with Gasteiger partial charge in [0.1, 0.15) is 0 Å². The van der Waals surface area contributed by atoms with E-state index in [9.17, 15) is 4.79 Å². The fourth-order valence-corrected chi connectivity index (χ4v) is 4.58. The third-order valence-electron chi connectivity index (χ3n) is 4.04. The minimum atomic E-state index is -0.0410. The summed E-state index contributed by atoms with van der Waals surface area (Å²) >= 11 is 3.48. The summed E-state index contributed by atoms with van der Waals surface area (Å²) < 4.78 is 5.53. The number of thioether (sulfide) groups is 1. The number of thiophene rings is 1. The smallest absolute Gasteiger partial charge is 0.244 e. The highest BCUT2D eigenvalue weighted by Gasteiger charge is 2.34. The van der Waals surface area contributed by atoms with Crippen LogP contribution in [0.2, 0.25) is 0 Å². The zero-order valence-electron chi connectivity index (χ0n) is 13.4. The van der Waals surface area contributed by atoms with Crippen molar-refractivity contribution in [1.82, 2.24) is 5.32 Å². The summed E-state index contributed by atoms with van der Waals surface area (Å²) in [6.45, 7) is 2.16. The lowest BCUT2D eigenvalue weighted by Gasteiger charge is -2.36. The molecule has 1 aliphatic rings. The Bertz CT molecular complexity index is 662. The van der Waals surface area contributed by atoms with Gasteiger partial charge in [0.15, 0.2) is 0 Å². The molecule has 0 bridgehead atoms. The lowest BCUT2D eigenvalue weighted by atomic mass is 9.99. The summed E-state index contributed by atoms with van der Waals surface area (Å²) in [6, 6.07) is 12.4. The molecule has 5 heteroatoms. The Morgan fingerprint density at radius 1 is 1.25 bits per heavy atom. The Hall–Kier alpha value is -1.56. The summed E-state index contributed by atoms with van der Waals surface area (Å²) in [4.78, 5) is 13.4. The van der Waals surface area contributed by atoms with Crippen LogP contribution in [0.15, 0.2) is 58.1 Å². The van der Waals surface area contributed by atoms with Crippen LogP contribution in [0.3, 0.4) is 0 Å². The topological polar surface area (TPSA) is 38.3 Å². The first-order chi connectivity index (χ1) is 11.8. The van der Waals surface area contributed by atoms with Gasteiger partial charge in [-0.15, -0.1) is 11.8 Å². The monoisotopic (exact) mass is 359 g/mol. The first-order valence-electron chi connectivity index (χ1n) is 8.06. The fourth-order valence-electron chi connectivity index (χ4n) is 2.65. The van der Waals surface area contributed by atoms with Crippen LogP contribution >= 0.6 is 23.1 Å². The molecular formula is C19H21NO2S2. The molecule has 2 aromatic rings. The van der Waals surface area contributed by atoms with Crippen LogP contribution in [-0.4, -0.2) is 30.4 Å². The lowest BCUT2D eigenvalue weighted by molar-refractivity contribution is -0.116. The molecular weight excluding hydrogens is 338 g/mol. The number of amides is 1. The van der Waals surface area contributed by atoms with Crippen molar-refractivity contribution in [3.05, 3.63) is 58.8 Å². The van der Waals surface area contributed by atoms with E-state index >= 15 is 0 Å². The standard InChI is InChI=1S/C19H21NO2S2/c21-18(7-6-16-8-13-23-14-16)20-15-19(9-11-22-12-10-19)24-17-4-2-1-3-5-17/h1-8,13-14H,9-12,15H2,(H,20,21). The van der Waals surface area contributed by atoms with E-state index in [0.717, 1.165) is 31.6 Å². The van der Waals surface area contributed by atoms with Gasteiger partial charge in [0.25, 0.3) is 0 Å². The number of carbonyl (C=O) groups excluding carboxylic acids is 1. The lowest BCUT2D eigenvalue weighted by Crippen LogP contribution is -2.44. The second-order valence-electron chi connectivity index (χ2n) is 5.82. The van der Waals surface area contributed by atoms with Crippen molar-refractivity contribution in [3.8, 4) is 0 Å². The molecule has 0 aliphatic carbocycles. The molecule has 1 aliphatic heterocycles. The maximum atomic E-state index is 12.1. The number of hydrogen-bond acceptors (Lipinski definition) is 4. The van der Waals surface area contributed by atoms with Gasteiger partial charge in [-0.05, 0) is 53.4 Å². The molecule has 0 saturated carbocycles. The number of hydrogen-bond donors (Lipinski definition) is 1. The first kappa shape index (κ1) is 17.3. The van der Waals surface area contributed by atoms with Crippen molar-refractivity contribution in [3.63, 3.8) is 0 Å². The molecule has 0 unspecified atom stereocenters.